The normalized spacial score (nSPS) is 12.0. The lowest BCUT2D eigenvalue weighted by Gasteiger charge is -2.14. The van der Waals surface area contributed by atoms with Crippen LogP contribution in [0.2, 0.25) is 5.02 Å². The monoisotopic (exact) mass is 356 g/mol. The third-order valence-corrected chi connectivity index (χ3v) is 3.54. The van der Waals surface area contributed by atoms with E-state index < -0.39 is 11.9 Å². The van der Waals surface area contributed by atoms with Gasteiger partial charge in [0.2, 0.25) is 5.78 Å². The van der Waals surface area contributed by atoms with E-state index in [9.17, 15) is 9.18 Å². The maximum Gasteiger partial charge on any atom is 0.202 e. The van der Waals surface area contributed by atoms with Gasteiger partial charge in [0, 0.05) is 10.0 Å². The Morgan fingerprint density at radius 1 is 1.25 bits per heavy atom. The SMILES string of the molecule is CC(Oc1cccc(Cl)c1F)C(=O)c1ccc(Br)cc1. The van der Waals surface area contributed by atoms with Crippen molar-refractivity contribution in [2.45, 2.75) is 13.0 Å². The smallest absolute Gasteiger partial charge is 0.202 e. The van der Waals surface area contributed by atoms with E-state index in [4.69, 9.17) is 16.3 Å². The zero-order valence-electron chi connectivity index (χ0n) is 10.6. The van der Waals surface area contributed by atoms with Gasteiger partial charge in [0.05, 0.1) is 5.02 Å². The summed E-state index contributed by atoms with van der Waals surface area (Å²) in [5.74, 6) is -0.919. The van der Waals surface area contributed by atoms with Crippen LogP contribution in [0.15, 0.2) is 46.9 Å². The van der Waals surface area contributed by atoms with Crippen LogP contribution in [0, 0.1) is 5.82 Å². The van der Waals surface area contributed by atoms with Crippen LogP contribution < -0.4 is 4.74 Å². The Bertz CT molecular complexity index is 628. The molecule has 0 saturated carbocycles. The third kappa shape index (κ3) is 3.38. The molecule has 0 bridgehead atoms. The van der Waals surface area contributed by atoms with Gasteiger partial charge in [0.25, 0.3) is 0 Å². The van der Waals surface area contributed by atoms with Gasteiger partial charge in [-0.15, -0.1) is 0 Å². The molecule has 1 atom stereocenters. The molecule has 0 heterocycles. The van der Waals surface area contributed by atoms with Crippen molar-refractivity contribution < 1.29 is 13.9 Å². The number of carbonyl (C=O) groups is 1. The van der Waals surface area contributed by atoms with Crippen LogP contribution in [0.3, 0.4) is 0 Å². The van der Waals surface area contributed by atoms with Crippen LogP contribution in [0.1, 0.15) is 17.3 Å². The Morgan fingerprint density at radius 2 is 1.90 bits per heavy atom. The zero-order chi connectivity index (χ0) is 14.7. The lowest BCUT2D eigenvalue weighted by atomic mass is 10.1. The molecule has 1 unspecified atom stereocenters. The van der Waals surface area contributed by atoms with Crippen molar-refractivity contribution in [3.8, 4) is 5.75 Å². The van der Waals surface area contributed by atoms with E-state index in [1.807, 2.05) is 0 Å². The molecule has 104 valence electrons. The van der Waals surface area contributed by atoms with Crippen molar-refractivity contribution in [1.82, 2.24) is 0 Å². The predicted molar refractivity (Wildman–Crippen MR) is 80.0 cm³/mol. The van der Waals surface area contributed by atoms with Gasteiger partial charge in [-0.3, -0.25) is 4.79 Å². The number of carbonyl (C=O) groups excluding carboxylic acids is 1. The highest BCUT2D eigenvalue weighted by atomic mass is 79.9. The van der Waals surface area contributed by atoms with E-state index in [2.05, 4.69) is 15.9 Å². The summed E-state index contributed by atoms with van der Waals surface area (Å²) in [5.41, 5.74) is 0.503. The second-order valence-corrected chi connectivity index (χ2v) is 5.51. The van der Waals surface area contributed by atoms with E-state index in [0.717, 1.165) is 4.47 Å². The van der Waals surface area contributed by atoms with Gasteiger partial charge in [-0.05, 0) is 31.2 Å². The summed E-state index contributed by atoms with van der Waals surface area (Å²) in [6.07, 6.45) is -0.802. The first-order chi connectivity index (χ1) is 9.49. The van der Waals surface area contributed by atoms with E-state index in [1.165, 1.54) is 12.1 Å². The van der Waals surface area contributed by atoms with Gasteiger partial charge in [-0.25, -0.2) is 4.39 Å². The molecule has 0 aliphatic carbocycles. The molecule has 2 aromatic rings. The molecule has 0 aliphatic rings. The van der Waals surface area contributed by atoms with E-state index >= 15 is 0 Å². The van der Waals surface area contributed by atoms with Crippen molar-refractivity contribution in [2.24, 2.45) is 0 Å². The standard InChI is InChI=1S/C15H11BrClFO2/c1-9(15(19)10-5-7-11(16)8-6-10)20-13-4-2-3-12(17)14(13)18/h2-9H,1H3. The molecule has 5 heteroatoms. The zero-order valence-corrected chi connectivity index (χ0v) is 12.9. The van der Waals surface area contributed by atoms with Gasteiger partial charge in [0.1, 0.15) is 0 Å². The molecular weight excluding hydrogens is 347 g/mol. The highest BCUT2D eigenvalue weighted by Crippen LogP contribution is 2.25. The first kappa shape index (κ1) is 15.0. The minimum absolute atomic E-state index is 0.0320. The number of rotatable bonds is 4. The Kier molecular flexibility index (Phi) is 4.78. The topological polar surface area (TPSA) is 26.3 Å². The van der Waals surface area contributed by atoms with Crippen LogP contribution in [-0.4, -0.2) is 11.9 Å². The van der Waals surface area contributed by atoms with Crippen LogP contribution in [0.25, 0.3) is 0 Å². The minimum Gasteiger partial charge on any atom is -0.479 e. The average Bonchev–Trinajstić information content (AvgIpc) is 2.44. The molecule has 0 fully saturated rings. The largest absolute Gasteiger partial charge is 0.479 e. The first-order valence-electron chi connectivity index (χ1n) is 5.89. The second-order valence-electron chi connectivity index (χ2n) is 4.18. The summed E-state index contributed by atoms with van der Waals surface area (Å²) < 4.78 is 19.9. The third-order valence-electron chi connectivity index (χ3n) is 2.72. The first-order valence-corrected chi connectivity index (χ1v) is 7.06. The highest BCUT2D eigenvalue weighted by molar-refractivity contribution is 9.10. The predicted octanol–water partition coefficient (Wildman–Crippen LogP) is 4.89. The molecular formula is C15H11BrClFO2. The lowest BCUT2D eigenvalue weighted by Crippen LogP contribution is -2.24. The Labute approximate surface area is 129 Å². The van der Waals surface area contributed by atoms with Crippen LogP contribution in [0.4, 0.5) is 4.39 Å². The van der Waals surface area contributed by atoms with Crippen LogP contribution >= 0.6 is 27.5 Å². The number of Topliss-reactive ketones (excluding diaryl/α,β-unsaturated/α-hetero) is 1. The molecule has 2 nitrogen and oxygen atoms in total. The molecule has 0 aromatic heterocycles. The lowest BCUT2D eigenvalue weighted by molar-refractivity contribution is 0.0812. The van der Waals surface area contributed by atoms with Crippen molar-refractivity contribution in [3.05, 3.63) is 63.3 Å². The van der Waals surface area contributed by atoms with Crippen molar-refractivity contribution in [1.29, 1.82) is 0 Å². The van der Waals surface area contributed by atoms with Crippen molar-refractivity contribution in [2.75, 3.05) is 0 Å². The fourth-order valence-corrected chi connectivity index (χ4v) is 2.10. The highest BCUT2D eigenvalue weighted by Gasteiger charge is 2.19. The summed E-state index contributed by atoms with van der Waals surface area (Å²) >= 11 is 8.96. The summed E-state index contributed by atoms with van der Waals surface area (Å²) in [4.78, 5) is 12.2. The number of ether oxygens (including phenoxy) is 1. The molecule has 0 aliphatic heterocycles. The van der Waals surface area contributed by atoms with Gasteiger partial charge in [0.15, 0.2) is 17.7 Å². The number of hydrogen-bond acceptors (Lipinski definition) is 2. The quantitative estimate of drug-likeness (QED) is 0.728. The Hall–Kier alpha value is -1.39. The molecule has 0 amide bonds. The van der Waals surface area contributed by atoms with Crippen molar-refractivity contribution in [3.63, 3.8) is 0 Å². The van der Waals surface area contributed by atoms with E-state index in [-0.39, 0.29) is 16.6 Å². The maximum atomic E-state index is 13.7. The fourth-order valence-electron chi connectivity index (χ4n) is 1.67. The second kappa shape index (κ2) is 6.37. The minimum atomic E-state index is -0.802. The maximum absolute atomic E-state index is 13.7. The number of benzene rings is 2. The molecule has 20 heavy (non-hydrogen) atoms. The molecule has 2 aromatic carbocycles. The van der Waals surface area contributed by atoms with Gasteiger partial charge < -0.3 is 4.74 Å². The molecule has 0 saturated heterocycles. The average molecular weight is 358 g/mol. The molecule has 0 N–H and O–H groups in total. The number of ketones is 1. The molecule has 0 spiro atoms. The van der Waals surface area contributed by atoms with E-state index in [1.54, 1.807) is 37.3 Å². The number of hydrogen-bond donors (Lipinski definition) is 0. The van der Waals surface area contributed by atoms with Crippen LogP contribution in [-0.2, 0) is 0 Å². The summed E-state index contributed by atoms with van der Waals surface area (Å²) in [6.45, 7) is 1.57. The van der Waals surface area contributed by atoms with Crippen molar-refractivity contribution >= 4 is 33.3 Å². The Morgan fingerprint density at radius 3 is 2.55 bits per heavy atom. The summed E-state index contributed by atoms with van der Waals surface area (Å²) in [7, 11) is 0. The summed E-state index contributed by atoms with van der Waals surface area (Å²) in [6, 6.07) is 11.3. The summed E-state index contributed by atoms with van der Waals surface area (Å²) in [5, 5.41) is -0.0363. The molecule has 0 radical (unpaired) electrons. The van der Waals surface area contributed by atoms with Crippen LogP contribution in [0.5, 0.6) is 5.75 Å². The fraction of sp³-hybridized carbons (Fsp3) is 0.133. The van der Waals surface area contributed by atoms with Gasteiger partial charge >= 0.3 is 0 Å². The number of halogens is 3. The molecule has 2 rings (SSSR count). The van der Waals surface area contributed by atoms with Gasteiger partial charge in [-0.1, -0.05) is 45.7 Å². The Balaban J connectivity index is 2.15. The van der Waals surface area contributed by atoms with Gasteiger partial charge in [-0.2, -0.15) is 0 Å². The van der Waals surface area contributed by atoms with E-state index in [0.29, 0.717) is 5.56 Å².